The lowest BCUT2D eigenvalue weighted by atomic mass is 10.2. The second-order valence-electron chi connectivity index (χ2n) is 5.55. The maximum absolute atomic E-state index is 14.3. The molecule has 116 valence electrons. The molecule has 0 saturated heterocycles. The van der Waals surface area contributed by atoms with Crippen molar-refractivity contribution in [3.8, 4) is 0 Å². The van der Waals surface area contributed by atoms with E-state index < -0.39 is 7.14 Å². The van der Waals surface area contributed by atoms with E-state index in [1.807, 2.05) is 92.8 Å². The second-order valence-corrected chi connectivity index (χ2v) is 8.28. The Balaban J connectivity index is 2.35. The molecule has 0 radical (unpaired) electrons. The van der Waals surface area contributed by atoms with Crippen molar-refractivity contribution >= 4 is 28.7 Å². The number of hydrogen-bond acceptors (Lipinski definition) is 2. The van der Waals surface area contributed by atoms with Crippen molar-refractivity contribution in [1.82, 2.24) is 0 Å². The van der Waals surface area contributed by atoms with Crippen molar-refractivity contribution in [2.75, 3.05) is 12.4 Å². The van der Waals surface area contributed by atoms with Crippen LogP contribution in [0.1, 0.15) is 5.56 Å². The fraction of sp³-hybridized carbons (Fsp3) is 0.100. The van der Waals surface area contributed by atoms with Crippen LogP contribution in [-0.2, 0) is 4.57 Å². The second kappa shape index (κ2) is 6.44. The minimum absolute atomic E-state index is 0.855. The molecule has 3 rings (SSSR count). The van der Waals surface area contributed by atoms with Gasteiger partial charge in [0.15, 0.2) is 7.14 Å². The smallest absolute Gasteiger partial charge is 0.173 e. The predicted molar refractivity (Wildman–Crippen MR) is 100 cm³/mol. The first-order valence-corrected chi connectivity index (χ1v) is 9.37. The highest BCUT2D eigenvalue weighted by molar-refractivity contribution is 7.85. The molecule has 0 aromatic heterocycles. The van der Waals surface area contributed by atoms with Crippen LogP contribution >= 0.6 is 7.14 Å². The largest absolute Gasteiger partial charge is 0.387 e. The molecular weight excluding hydrogens is 301 g/mol. The molecule has 0 amide bonds. The Morgan fingerprint density at radius 1 is 0.783 bits per heavy atom. The fourth-order valence-corrected chi connectivity index (χ4v) is 5.77. The van der Waals surface area contributed by atoms with E-state index >= 15 is 0 Å². The van der Waals surface area contributed by atoms with Crippen LogP contribution in [0.15, 0.2) is 78.9 Å². The summed E-state index contributed by atoms with van der Waals surface area (Å²) in [5.74, 6) is 0. The first-order valence-electron chi connectivity index (χ1n) is 7.66. The summed E-state index contributed by atoms with van der Waals surface area (Å²) in [4.78, 5) is 0. The van der Waals surface area contributed by atoms with Crippen LogP contribution in [0.4, 0.5) is 5.69 Å². The first kappa shape index (κ1) is 15.6. The molecule has 0 aliphatic heterocycles. The summed E-state index contributed by atoms with van der Waals surface area (Å²) < 4.78 is 14.3. The van der Waals surface area contributed by atoms with E-state index in [0.29, 0.717) is 0 Å². The number of nitrogens with one attached hydrogen (secondary N) is 1. The summed E-state index contributed by atoms with van der Waals surface area (Å²) in [5, 5.41) is 5.76. The van der Waals surface area contributed by atoms with Crippen molar-refractivity contribution in [3.63, 3.8) is 0 Å². The van der Waals surface area contributed by atoms with Crippen molar-refractivity contribution in [2.45, 2.75) is 6.92 Å². The van der Waals surface area contributed by atoms with Gasteiger partial charge in [0.05, 0.1) is 0 Å². The lowest BCUT2D eigenvalue weighted by Crippen LogP contribution is -2.27. The molecular formula is C20H20NOP. The van der Waals surface area contributed by atoms with Crippen molar-refractivity contribution in [3.05, 3.63) is 84.4 Å². The third-order valence-corrected chi connectivity index (χ3v) is 7.10. The molecule has 1 N–H and O–H groups in total. The van der Waals surface area contributed by atoms with Gasteiger partial charge in [0, 0.05) is 28.6 Å². The van der Waals surface area contributed by atoms with Gasteiger partial charge in [0.2, 0.25) is 0 Å². The highest BCUT2D eigenvalue weighted by Crippen LogP contribution is 2.44. The third kappa shape index (κ3) is 2.83. The topological polar surface area (TPSA) is 29.1 Å². The Labute approximate surface area is 137 Å². The van der Waals surface area contributed by atoms with Crippen LogP contribution in [0.5, 0.6) is 0 Å². The molecule has 0 aliphatic carbocycles. The molecule has 0 bridgehead atoms. The Kier molecular flexibility index (Phi) is 4.36. The van der Waals surface area contributed by atoms with Crippen molar-refractivity contribution in [1.29, 1.82) is 0 Å². The molecule has 3 aromatic rings. The molecule has 0 spiro atoms. The molecule has 0 fully saturated rings. The van der Waals surface area contributed by atoms with Crippen LogP contribution in [-0.4, -0.2) is 7.05 Å². The highest BCUT2D eigenvalue weighted by atomic mass is 31.2. The van der Waals surface area contributed by atoms with Crippen LogP contribution in [0.2, 0.25) is 0 Å². The number of anilines is 1. The summed E-state index contributed by atoms with van der Waals surface area (Å²) in [6.07, 6.45) is 0. The van der Waals surface area contributed by atoms with Gasteiger partial charge in [-0.1, -0.05) is 72.3 Å². The summed E-state index contributed by atoms with van der Waals surface area (Å²) in [7, 11) is -1.05. The van der Waals surface area contributed by atoms with E-state index in [4.69, 9.17) is 0 Å². The lowest BCUT2D eigenvalue weighted by molar-refractivity contribution is 0.592. The molecule has 23 heavy (non-hydrogen) atoms. The van der Waals surface area contributed by atoms with Gasteiger partial charge in [-0.2, -0.15) is 0 Å². The van der Waals surface area contributed by atoms with Gasteiger partial charge in [-0.05, 0) is 19.1 Å². The summed E-state index contributed by atoms with van der Waals surface area (Å²) in [5.41, 5.74) is 2.01. The van der Waals surface area contributed by atoms with Crippen LogP contribution in [0.25, 0.3) is 0 Å². The normalized spacial score (nSPS) is 11.2. The molecule has 2 nitrogen and oxygen atoms in total. The summed E-state index contributed by atoms with van der Waals surface area (Å²) in [6, 6.07) is 25.6. The Morgan fingerprint density at radius 3 is 1.78 bits per heavy atom. The lowest BCUT2D eigenvalue weighted by Gasteiger charge is -2.23. The van der Waals surface area contributed by atoms with Gasteiger partial charge >= 0.3 is 0 Å². The van der Waals surface area contributed by atoms with Gasteiger partial charge in [0.1, 0.15) is 0 Å². The maximum atomic E-state index is 14.3. The Morgan fingerprint density at radius 2 is 1.30 bits per heavy atom. The third-order valence-electron chi connectivity index (χ3n) is 4.00. The SMILES string of the molecule is CNc1ccc(C)cc1P(=O)(c1ccccc1)c1ccccc1. The standard InChI is InChI=1S/C20H20NOP/c1-16-13-14-19(21-2)20(15-16)23(22,17-9-5-3-6-10-17)18-11-7-4-8-12-18/h3-15,21H,1-2H3. The average Bonchev–Trinajstić information content (AvgIpc) is 2.62. The van der Waals surface area contributed by atoms with Gasteiger partial charge in [-0.25, -0.2) is 0 Å². The Hall–Kier alpha value is -2.31. The monoisotopic (exact) mass is 321 g/mol. The average molecular weight is 321 g/mol. The van der Waals surface area contributed by atoms with Crippen molar-refractivity contribution in [2.24, 2.45) is 0 Å². The van der Waals surface area contributed by atoms with Gasteiger partial charge < -0.3 is 9.88 Å². The molecule has 0 unspecified atom stereocenters. The van der Waals surface area contributed by atoms with E-state index in [-0.39, 0.29) is 0 Å². The molecule has 0 aliphatic rings. The first-order chi connectivity index (χ1) is 11.2. The highest BCUT2D eigenvalue weighted by Gasteiger charge is 2.31. The van der Waals surface area contributed by atoms with E-state index in [1.165, 1.54) is 0 Å². The summed E-state index contributed by atoms with van der Waals surface area (Å²) in [6.45, 7) is 2.03. The molecule has 0 atom stereocenters. The molecule has 0 saturated carbocycles. The van der Waals surface area contributed by atoms with E-state index in [9.17, 15) is 4.57 Å². The quantitative estimate of drug-likeness (QED) is 0.743. The number of benzene rings is 3. The van der Waals surface area contributed by atoms with Gasteiger partial charge in [-0.3, -0.25) is 0 Å². The predicted octanol–water partition coefficient (Wildman–Crippen LogP) is 3.68. The zero-order valence-electron chi connectivity index (χ0n) is 13.4. The minimum Gasteiger partial charge on any atom is -0.387 e. The van der Waals surface area contributed by atoms with E-state index in [0.717, 1.165) is 27.2 Å². The van der Waals surface area contributed by atoms with E-state index in [1.54, 1.807) is 0 Å². The minimum atomic E-state index is -2.92. The molecule has 3 heteroatoms. The summed E-state index contributed by atoms with van der Waals surface area (Å²) >= 11 is 0. The van der Waals surface area contributed by atoms with Crippen LogP contribution < -0.4 is 21.2 Å². The maximum Gasteiger partial charge on any atom is 0.173 e. The molecule has 3 aromatic carbocycles. The van der Waals surface area contributed by atoms with E-state index in [2.05, 4.69) is 5.32 Å². The zero-order valence-corrected chi connectivity index (χ0v) is 14.3. The van der Waals surface area contributed by atoms with Gasteiger partial charge in [-0.15, -0.1) is 0 Å². The van der Waals surface area contributed by atoms with Crippen molar-refractivity contribution < 1.29 is 4.57 Å². The fourth-order valence-electron chi connectivity index (χ4n) is 2.82. The number of rotatable bonds is 4. The Bertz CT molecular complexity index is 801. The van der Waals surface area contributed by atoms with Crippen LogP contribution in [0.3, 0.4) is 0 Å². The van der Waals surface area contributed by atoms with Crippen LogP contribution in [0, 0.1) is 6.92 Å². The number of aryl methyl sites for hydroxylation is 1. The zero-order chi connectivity index (χ0) is 16.3. The molecule has 0 heterocycles. The number of hydrogen-bond donors (Lipinski definition) is 1. The van der Waals surface area contributed by atoms with Gasteiger partial charge in [0.25, 0.3) is 0 Å².